The maximum absolute atomic E-state index is 13.0. The van der Waals surface area contributed by atoms with Gasteiger partial charge in [-0.2, -0.15) is 4.31 Å². The van der Waals surface area contributed by atoms with Gasteiger partial charge in [0.2, 0.25) is 15.9 Å². The Morgan fingerprint density at radius 1 is 1.33 bits per heavy atom. The molecule has 0 atom stereocenters. The van der Waals surface area contributed by atoms with E-state index in [-0.39, 0.29) is 5.91 Å². The van der Waals surface area contributed by atoms with Crippen LogP contribution in [0.4, 0.5) is 5.69 Å². The summed E-state index contributed by atoms with van der Waals surface area (Å²) in [6.07, 6.45) is 4.77. The number of hydrogen-bond acceptors (Lipinski definition) is 3. The lowest BCUT2D eigenvalue weighted by Crippen LogP contribution is -2.35. The van der Waals surface area contributed by atoms with E-state index in [4.69, 9.17) is 0 Å². The Balaban J connectivity index is 1.91. The van der Waals surface area contributed by atoms with Crippen molar-refractivity contribution in [3.05, 3.63) is 23.8 Å². The van der Waals surface area contributed by atoms with Gasteiger partial charge < -0.3 is 4.90 Å². The quantitative estimate of drug-likeness (QED) is 0.793. The van der Waals surface area contributed by atoms with E-state index in [9.17, 15) is 13.2 Å². The molecule has 0 spiro atoms. The summed E-state index contributed by atoms with van der Waals surface area (Å²) in [5.74, 6) is 0.532. The van der Waals surface area contributed by atoms with E-state index in [0.29, 0.717) is 30.4 Å². The zero-order chi connectivity index (χ0) is 17.3. The van der Waals surface area contributed by atoms with Crippen molar-refractivity contribution in [1.29, 1.82) is 0 Å². The summed E-state index contributed by atoms with van der Waals surface area (Å²) in [6, 6.07) is 5.23. The van der Waals surface area contributed by atoms with Gasteiger partial charge in [0.15, 0.2) is 0 Å². The van der Waals surface area contributed by atoms with Crippen LogP contribution in [0, 0.1) is 5.92 Å². The molecule has 1 aliphatic heterocycles. The molecule has 132 valence electrons. The molecule has 1 aromatic carbocycles. The SMILES string of the molecule is CCCN(CC1CC1)S(=O)(=O)c1ccc2c(c1)CCCN2C(C)=O. The monoisotopic (exact) mass is 350 g/mol. The molecule has 0 unspecified atom stereocenters. The Morgan fingerprint density at radius 2 is 2.08 bits per heavy atom. The van der Waals surface area contributed by atoms with Crippen LogP contribution in [0.2, 0.25) is 0 Å². The number of rotatable bonds is 6. The molecule has 0 N–H and O–H groups in total. The van der Waals surface area contributed by atoms with Crippen molar-refractivity contribution in [2.75, 3.05) is 24.5 Å². The summed E-state index contributed by atoms with van der Waals surface area (Å²) >= 11 is 0. The summed E-state index contributed by atoms with van der Waals surface area (Å²) in [7, 11) is -3.46. The van der Waals surface area contributed by atoms with Gasteiger partial charge in [-0.25, -0.2) is 8.42 Å². The molecule has 2 aliphatic rings. The highest BCUT2D eigenvalue weighted by Crippen LogP contribution is 2.33. The minimum atomic E-state index is -3.46. The Labute approximate surface area is 144 Å². The number of hydrogen-bond donors (Lipinski definition) is 0. The number of carbonyl (C=O) groups is 1. The second-order valence-corrected chi connectivity index (χ2v) is 8.81. The molecule has 3 rings (SSSR count). The third kappa shape index (κ3) is 3.49. The number of sulfonamides is 1. The van der Waals surface area contributed by atoms with Gasteiger partial charge in [0.05, 0.1) is 4.90 Å². The van der Waals surface area contributed by atoms with Gasteiger partial charge in [0, 0.05) is 32.2 Å². The summed E-state index contributed by atoms with van der Waals surface area (Å²) in [6.45, 7) is 5.46. The van der Waals surface area contributed by atoms with Crippen molar-refractivity contribution in [1.82, 2.24) is 4.31 Å². The van der Waals surface area contributed by atoms with Crippen LogP contribution in [0.5, 0.6) is 0 Å². The minimum Gasteiger partial charge on any atom is -0.312 e. The Hall–Kier alpha value is -1.40. The van der Waals surface area contributed by atoms with Crippen LogP contribution in [0.1, 0.15) is 45.1 Å². The molecule has 1 heterocycles. The van der Waals surface area contributed by atoms with E-state index >= 15 is 0 Å². The van der Waals surface area contributed by atoms with Gasteiger partial charge >= 0.3 is 0 Å². The van der Waals surface area contributed by atoms with Crippen LogP contribution in [-0.2, 0) is 21.2 Å². The van der Waals surface area contributed by atoms with Crippen LogP contribution in [0.25, 0.3) is 0 Å². The van der Waals surface area contributed by atoms with Gasteiger partial charge in [-0.1, -0.05) is 6.92 Å². The third-order valence-electron chi connectivity index (χ3n) is 4.82. The fraction of sp³-hybridized carbons (Fsp3) is 0.611. The lowest BCUT2D eigenvalue weighted by atomic mass is 10.0. The topological polar surface area (TPSA) is 57.7 Å². The summed E-state index contributed by atoms with van der Waals surface area (Å²) < 4.78 is 27.7. The van der Waals surface area contributed by atoms with E-state index < -0.39 is 10.0 Å². The molecule has 5 nitrogen and oxygen atoms in total. The highest BCUT2D eigenvalue weighted by molar-refractivity contribution is 7.89. The van der Waals surface area contributed by atoms with E-state index in [2.05, 4.69) is 0 Å². The highest BCUT2D eigenvalue weighted by Gasteiger charge is 2.32. The lowest BCUT2D eigenvalue weighted by Gasteiger charge is -2.29. The van der Waals surface area contributed by atoms with Gasteiger partial charge in [0.25, 0.3) is 0 Å². The normalized spacial score (nSPS) is 17.9. The number of anilines is 1. The van der Waals surface area contributed by atoms with E-state index in [0.717, 1.165) is 43.4 Å². The van der Waals surface area contributed by atoms with Gasteiger partial charge in [-0.3, -0.25) is 4.79 Å². The Bertz CT molecular complexity index is 726. The van der Waals surface area contributed by atoms with Crippen molar-refractivity contribution >= 4 is 21.6 Å². The predicted octanol–water partition coefficient (Wildman–Crippen LogP) is 2.80. The fourth-order valence-corrected chi connectivity index (χ4v) is 5.02. The molecule has 1 saturated carbocycles. The Kier molecular flexibility index (Phi) is 4.97. The number of carbonyl (C=O) groups excluding carboxylic acids is 1. The van der Waals surface area contributed by atoms with Crippen LogP contribution >= 0.6 is 0 Å². The van der Waals surface area contributed by atoms with Crippen molar-refractivity contribution in [3.63, 3.8) is 0 Å². The predicted molar refractivity (Wildman–Crippen MR) is 94.6 cm³/mol. The third-order valence-corrected chi connectivity index (χ3v) is 6.68. The minimum absolute atomic E-state index is 0.00731. The van der Waals surface area contributed by atoms with Crippen LogP contribution < -0.4 is 4.90 Å². The molecule has 0 saturated heterocycles. The first-order chi connectivity index (χ1) is 11.4. The number of nitrogens with zero attached hydrogens (tertiary/aromatic N) is 2. The molecular weight excluding hydrogens is 324 g/mol. The molecule has 0 aromatic heterocycles. The van der Waals surface area contributed by atoms with E-state index in [1.165, 1.54) is 0 Å². The fourth-order valence-electron chi connectivity index (χ4n) is 3.36. The zero-order valence-corrected chi connectivity index (χ0v) is 15.3. The molecule has 1 fully saturated rings. The van der Waals surface area contributed by atoms with Crippen molar-refractivity contribution in [2.24, 2.45) is 5.92 Å². The van der Waals surface area contributed by atoms with Crippen LogP contribution in [-0.4, -0.2) is 38.3 Å². The summed E-state index contributed by atoms with van der Waals surface area (Å²) in [5.41, 5.74) is 1.82. The first-order valence-corrected chi connectivity index (χ1v) is 10.3. The standard InChI is InChI=1S/C18H26N2O3S/c1-3-10-19(13-15-6-7-15)24(22,23)17-8-9-18-16(12-17)5-4-11-20(18)14(2)21/h8-9,12,15H,3-7,10-11,13H2,1-2H3. The smallest absolute Gasteiger partial charge is 0.243 e. The summed E-state index contributed by atoms with van der Waals surface area (Å²) in [4.78, 5) is 13.9. The number of benzene rings is 1. The maximum atomic E-state index is 13.0. The molecule has 1 amide bonds. The van der Waals surface area contributed by atoms with Crippen molar-refractivity contribution in [3.8, 4) is 0 Å². The molecular formula is C18H26N2O3S. The second kappa shape index (κ2) is 6.84. The molecule has 1 aliphatic carbocycles. The van der Waals surface area contributed by atoms with Crippen LogP contribution in [0.15, 0.2) is 23.1 Å². The van der Waals surface area contributed by atoms with E-state index in [1.54, 1.807) is 34.3 Å². The molecule has 0 bridgehead atoms. The van der Waals surface area contributed by atoms with Gasteiger partial charge in [-0.15, -0.1) is 0 Å². The molecule has 24 heavy (non-hydrogen) atoms. The second-order valence-electron chi connectivity index (χ2n) is 6.87. The average Bonchev–Trinajstić information content (AvgIpc) is 3.37. The first kappa shape index (κ1) is 17.4. The van der Waals surface area contributed by atoms with Gasteiger partial charge in [-0.05, 0) is 61.8 Å². The number of aryl methyl sites for hydroxylation is 1. The van der Waals surface area contributed by atoms with Crippen molar-refractivity contribution in [2.45, 2.75) is 50.8 Å². The Morgan fingerprint density at radius 3 is 2.71 bits per heavy atom. The number of amides is 1. The summed E-state index contributed by atoms with van der Waals surface area (Å²) in [5, 5.41) is 0. The first-order valence-electron chi connectivity index (χ1n) is 8.84. The van der Waals surface area contributed by atoms with Crippen LogP contribution in [0.3, 0.4) is 0 Å². The maximum Gasteiger partial charge on any atom is 0.243 e. The zero-order valence-electron chi connectivity index (χ0n) is 14.5. The number of fused-ring (bicyclic) bond motifs is 1. The lowest BCUT2D eigenvalue weighted by molar-refractivity contribution is -0.116. The van der Waals surface area contributed by atoms with Crippen molar-refractivity contribution < 1.29 is 13.2 Å². The molecule has 0 radical (unpaired) electrons. The van der Waals surface area contributed by atoms with Gasteiger partial charge in [0.1, 0.15) is 0 Å². The average molecular weight is 350 g/mol. The molecule has 6 heteroatoms. The highest BCUT2D eigenvalue weighted by atomic mass is 32.2. The molecule has 1 aromatic rings. The van der Waals surface area contributed by atoms with E-state index in [1.807, 2.05) is 6.92 Å². The largest absolute Gasteiger partial charge is 0.312 e.